The minimum absolute atomic E-state index is 0.820. The van der Waals surface area contributed by atoms with Gasteiger partial charge in [-0.05, 0) is 12.0 Å². The van der Waals surface area contributed by atoms with Gasteiger partial charge in [0.15, 0.2) is 0 Å². The van der Waals surface area contributed by atoms with Gasteiger partial charge in [0.2, 0.25) is 0 Å². The van der Waals surface area contributed by atoms with E-state index in [4.69, 9.17) is 0 Å². The normalized spacial score (nSPS) is 15.6. The van der Waals surface area contributed by atoms with Crippen LogP contribution in [0.2, 0.25) is 18.0 Å². The van der Waals surface area contributed by atoms with Crippen molar-refractivity contribution in [1.82, 2.24) is 0 Å². The van der Waals surface area contributed by atoms with Crippen LogP contribution in [0.4, 0.5) is 0 Å². The van der Waals surface area contributed by atoms with E-state index in [9.17, 15) is 0 Å². The van der Waals surface area contributed by atoms with Crippen LogP contribution in [-0.4, -0.2) is 18.7 Å². The monoisotopic (exact) mass is 242 g/mol. The molecule has 0 N–H and O–H groups in total. The van der Waals surface area contributed by atoms with Crippen molar-refractivity contribution in [3.63, 3.8) is 0 Å². The average Bonchev–Trinajstić information content (AvgIpc) is 2.22. The molecule has 0 heterocycles. The summed E-state index contributed by atoms with van der Waals surface area (Å²) in [6.07, 6.45) is 5.02. The number of thioether (sulfide) groups is 1. The SMILES string of the molecule is CSCCCB(C(C)C(C)C)C(C)C(C)C. The fourth-order valence-corrected chi connectivity index (χ4v) is 2.91. The first-order chi connectivity index (χ1) is 7.41. The molecular formula is C14H31BS. The van der Waals surface area contributed by atoms with E-state index in [1.165, 1.54) is 18.5 Å². The van der Waals surface area contributed by atoms with Crippen LogP contribution in [0.15, 0.2) is 0 Å². The van der Waals surface area contributed by atoms with E-state index >= 15 is 0 Å². The van der Waals surface area contributed by atoms with Crippen molar-refractivity contribution in [1.29, 1.82) is 0 Å². The van der Waals surface area contributed by atoms with Crippen LogP contribution in [-0.2, 0) is 0 Å². The Morgan fingerprint density at radius 3 is 1.62 bits per heavy atom. The summed E-state index contributed by atoms with van der Waals surface area (Å²) in [5.41, 5.74) is 0. The summed E-state index contributed by atoms with van der Waals surface area (Å²) in [6, 6.07) is 0. The largest absolute Gasteiger partial charge is 0.165 e. The molecule has 0 aromatic carbocycles. The van der Waals surface area contributed by atoms with Crippen LogP contribution in [0.25, 0.3) is 0 Å². The summed E-state index contributed by atoms with van der Waals surface area (Å²) in [5, 5.41) is 0. The van der Waals surface area contributed by atoms with Crippen LogP contribution in [0, 0.1) is 11.8 Å². The second-order valence-corrected chi connectivity index (χ2v) is 6.99. The second-order valence-electron chi connectivity index (χ2n) is 6.01. The molecule has 96 valence electrons. The molecule has 0 aromatic rings. The third-order valence-corrected chi connectivity index (χ3v) is 5.04. The van der Waals surface area contributed by atoms with Crippen LogP contribution in [0.3, 0.4) is 0 Å². The highest BCUT2D eigenvalue weighted by Gasteiger charge is 2.30. The molecule has 0 spiro atoms. The summed E-state index contributed by atoms with van der Waals surface area (Å²) in [7, 11) is 0. The van der Waals surface area contributed by atoms with Gasteiger partial charge in [-0.25, -0.2) is 0 Å². The lowest BCUT2D eigenvalue weighted by molar-refractivity contribution is 0.558. The van der Waals surface area contributed by atoms with Crippen molar-refractivity contribution in [2.75, 3.05) is 12.0 Å². The predicted molar refractivity (Wildman–Crippen MR) is 82.1 cm³/mol. The highest BCUT2D eigenvalue weighted by molar-refractivity contribution is 7.98. The minimum Gasteiger partial charge on any atom is -0.165 e. The van der Waals surface area contributed by atoms with Crippen molar-refractivity contribution in [2.45, 2.75) is 65.9 Å². The van der Waals surface area contributed by atoms with Gasteiger partial charge in [0.05, 0.1) is 0 Å². The number of hydrogen-bond acceptors (Lipinski definition) is 1. The number of hydrogen-bond donors (Lipinski definition) is 0. The fourth-order valence-electron chi connectivity index (χ4n) is 2.46. The molecule has 2 unspecified atom stereocenters. The number of rotatable bonds is 8. The second kappa shape index (κ2) is 8.50. The van der Waals surface area contributed by atoms with Gasteiger partial charge >= 0.3 is 0 Å². The third kappa shape index (κ3) is 5.66. The molecule has 16 heavy (non-hydrogen) atoms. The summed E-state index contributed by atoms with van der Waals surface area (Å²) in [4.78, 5) is 0. The first-order valence-electron chi connectivity index (χ1n) is 6.90. The van der Waals surface area contributed by atoms with Crippen molar-refractivity contribution in [2.24, 2.45) is 11.8 Å². The zero-order chi connectivity index (χ0) is 12.7. The highest BCUT2D eigenvalue weighted by Crippen LogP contribution is 2.35. The standard InChI is InChI=1S/C14H31BS/c1-11(2)13(5)15(9-8-10-16-7)14(6)12(3)4/h11-14H,8-10H2,1-7H3. The summed E-state index contributed by atoms with van der Waals surface area (Å²) >= 11 is 1.98. The molecule has 0 rings (SSSR count). The van der Waals surface area contributed by atoms with Crippen LogP contribution < -0.4 is 0 Å². The van der Waals surface area contributed by atoms with E-state index in [-0.39, 0.29) is 0 Å². The Kier molecular flexibility index (Phi) is 8.72. The van der Waals surface area contributed by atoms with E-state index in [0.29, 0.717) is 0 Å². The molecule has 0 aliphatic carbocycles. The predicted octanol–water partition coefficient (Wildman–Crippen LogP) is 5.33. The lowest BCUT2D eigenvalue weighted by Crippen LogP contribution is -2.29. The zero-order valence-electron chi connectivity index (χ0n) is 12.4. The van der Waals surface area contributed by atoms with Crippen LogP contribution in [0.5, 0.6) is 0 Å². The van der Waals surface area contributed by atoms with Gasteiger partial charge in [-0.3, -0.25) is 0 Å². The Bertz CT molecular complexity index is 154. The molecule has 0 aliphatic heterocycles. The van der Waals surface area contributed by atoms with Gasteiger partial charge < -0.3 is 0 Å². The van der Waals surface area contributed by atoms with Crippen LogP contribution in [0.1, 0.15) is 48.0 Å². The molecule has 0 amide bonds. The first-order valence-corrected chi connectivity index (χ1v) is 8.30. The molecule has 0 aromatic heterocycles. The quantitative estimate of drug-likeness (QED) is 0.409. The Hall–Kier alpha value is 0.415. The molecule has 2 heteroatoms. The van der Waals surface area contributed by atoms with Crippen molar-refractivity contribution in [3.8, 4) is 0 Å². The topological polar surface area (TPSA) is 0 Å². The van der Waals surface area contributed by atoms with Gasteiger partial charge in [0, 0.05) is 0 Å². The summed E-state index contributed by atoms with van der Waals surface area (Å²) < 4.78 is 0. The molecule has 0 saturated carbocycles. The molecule has 0 nitrogen and oxygen atoms in total. The zero-order valence-corrected chi connectivity index (χ0v) is 13.2. The van der Waals surface area contributed by atoms with Crippen molar-refractivity contribution in [3.05, 3.63) is 0 Å². The summed E-state index contributed by atoms with van der Waals surface area (Å²) in [6.45, 7) is 15.3. The highest BCUT2D eigenvalue weighted by atomic mass is 32.2. The van der Waals surface area contributed by atoms with Gasteiger partial charge in [0.1, 0.15) is 6.71 Å². The average molecular weight is 242 g/mol. The van der Waals surface area contributed by atoms with Crippen molar-refractivity contribution >= 4 is 18.5 Å². The fraction of sp³-hybridized carbons (Fsp3) is 1.00. The molecule has 0 aliphatic rings. The van der Waals surface area contributed by atoms with Gasteiger partial charge in [-0.1, -0.05) is 77.8 Å². The van der Waals surface area contributed by atoms with E-state index in [0.717, 1.165) is 30.2 Å². The summed E-state index contributed by atoms with van der Waals surface area (Å²) in [5.74, 6) is 4.69. The molecule has 0 bridgehead atoms. The van der Waals surface area contributed by atoms with E-state index in [2.05, 4.69) is 47.8 Å². The maximum Gasteiger partial charge on any atom is 0.146 e. The molecule has 2 atom stereocenters. The van der Waals surface area contributed by atoms with Gasteiger partial charge in [-0.15, -0.1) is 0 Å². The van der Waals surface area contributed by atoms with E-state index in [1.807, 2.05) is 11.8 Å². The van der Waals surface area contributed by atoms with E-state index < -0.39 is 0 Å². The molecule has 0 fully saturated rings. The molecule has 0 saturated heterocycles. The Morgan fingerprint density at radius 1 is 0.875 bits per heavy atom. The molecular weight excluding hydrogens is 211 g/mol. The third-order valence-electron chi connectivity index (χ3n) is 4.34. The smallest absolute Gasteiger partial charge is 0.146 e. The lowest BCUT2D eigenvalue weighted by Gasteiger charge is -2.31. The Balaban J connectivity index is 4.37. The minimum atomic E-state index is 0.820. The van der Waals surface area contributed by atoms with Gasteiger partial charge in [0.25, 0.3) is 0 Å². The maximum atomic E-state index is 2.45. The van der Waals surface area contributed by atoms with E-state index in [1.54, 1.807) is 0 Å². The Labute approximate surface area is 108 Å². The lowest BCUT2D eigenvalue weighted by atomic mass is 9.29. The maximum absolute atomic E-state index is 2.45. The first kappa shape index (κ1) is 16.4. The van der Waals surface area contributed by atoms with Crippen LogP contribution >= 0.6 is 11.8 Å². The van der Waals surface area contributed by atoms with Crippen molar-refractivity contribution < 1.29 is 0 Å². The molecule has 0 radical (unpaired) electrons. The van der Waals surface area contributed by atoms with Gasteiger partial charge in [-0.2, -0.15) is 11.8 Å². The Morgan fingerprint density at radius 2 is 1.31 bits per heavy atom.